The van der Waals surface area contributed by atoms with Crippen molar-refractivity contribution >= 4 is 85.3 Å². The van der Waals surface area contributed by atoms with Crippen molar-refractivity contribution in [2.75, 3.05) is 25.5 Å². The lowest BCUT2D eigenvalue weighted by molar-refractivity contribution is -0.140. The first-order valence-corrected chi connectivity index (χ1v) is 10.1. The normalized spacial score (nSPS) is 11.9. The van der Waals surface area contributed by atoms with E-state index >= 15 is 0 Å². The number of amides is 1. The van der Waals surface area contributed by atoms with E-state index in [1.807, 2.05) is 22.6 Å². The molecule has 134 valence electrons. The average Bonchev–Trinajstić information content (AvgIpc) is 2.53. The first-order chi connectivity index (χ1) is 11.2. The maximum Gasteiger partial charge on any atom is 0.302 e. The van der Waals surface area contributed by atoms with Gasteiger partial charge in [0, 0.05) is 27.0 Å². The van der Waals surface area contributed by atoms with E-state index in [1.165, 1.54) is 6.92 Å². The van der Waals surface area contributed by atoms with Gasteiger partial charge in [-0.1, -0.05) is 0 Å². The molecule has 0 saturated heterocycles. The summed E-state index contributed by atoms with van der Waals surface area (Å²) in [4.78, 5) is 23.4. The van der Waals surface area contributed by atoms with Gasteiger partial charge >= 0.3 is 5.97 Å². The Labute approximate surface area is 180 Å². The van der Waals surface area contributed by atoms with Gasteiger partial charge in [-0.15, -0.1) is 0 Å². The number of nitrogens with one attached hydrogen (secondary N) is 1. The highest BCUT2D eigenvalue weighted by molar-refractivity contribution is 14.1. The summed E-state index contributed by atoms with van der Waals surface area (Å²) in [6.45, 7) is 1.04. The van der Waals surface area contributed by atoms with Gasteiger partial charge in [0.15, 0.2) is 0 Å². The number of aliphatic hydroxyl groups is 2. The maximum atomic E-state index is 12.4. The third kappa shape index (κ3) is 5.81. The number of esters is 1. The zero-order chi connectivity index (χ0) is 18.4. The van der Waals surface area contributed by atoms with E-state index in [1.54, 1.807) is 0 Å². The number of hydrogen-bond donors (Lipinski definition) is 4. The molecule has 0 aliphatic carbocycles. The molecule has 0 fully saturated rings. The minimum absolute atomic E-state index is 0.0594. The van der Waals surface area contributed by atoms with Gasteiger partial charge in [-0.05, 0) is 73.3 Å². The van der Waals surface area contributed by atoms with Crippen molar-refractivity contribution in [2.24, 2.45) is 0 Å². The summed E-state index contributed by atoms with van der Waals surface area (Å²) in [6.07, 6.45) is -0.578. The molecular weight excluding hydrogens is 657 g/mol. The van der Waals surface area contributed by atoms with Crippen molar-refractivity contribution in [2.45, 2.75) is 19.4 Å². The van der Waals surface area contributed by atoms with Crippen LogP contribution in [0.3, 0.4) is 0 Å². The number of ether oxygens (including phenoxy) is 1. The average molecular weight is 674 g/mol. The van der Waals surface area contributed by atoms with Crippen LogP contribution < -0.4 is 11.1 Å². The highest BCUT2D eigenvalue weighted by Crippen LogP contribution is 2.34. The number of halogens is 3. The number of hydrogen-bond acceptors (Lipinski definition) is 6. The molecule has 0 heterocycles. The van der Waals surface area contributed by atoms with Crippen LogP contribution >= 0.6 is 67.8 Å². The van der Waals surface area contributed by atoms with E-state index < -0.39 is 12.7 Å². The minimum atomic E-state index is -1.02. The number of carbonyl (C=O) groups is 2. The van der Waals surface area contributed by atoms with Gasteiger partial charge in [-0.3, -0.25) is 9.59 Å². The lowest BCUT2D eigenvalue weighted by Gasteiger charge is -2.18. The van der Waals surface area contributed by atoms with Crippen molar-refractivity contribution in [1.29, 1.82) is 0 Å². The Morgan fingerprint density at radius 3 is 2.42 bits per heavy atom. The fourth-order valence-corrected chi connectivity index (χ4v) is 6.01. The van der Waals surface area contributed by atoms with Gasteiger partial charge in [-0.2, -0.15) is 0 Å². The van der Waals surface area contributed by atoms with Crippen LogP contribution in [0.25, 0.3) is 0 Å². The van der Waals surface area contributed by atoms with Gasteiger partial charge < -0.3 is 26.0 Å². The highest BCUT2D eigenvalue weighted by Gasteiger charge is 2.23. The molecule has 5 N–H and O–H groups in total. The Morgan fingerprint density at radius 1 is 1.25 bits per heavy atom. The molecule has 1 atom stereocenters. The molecule has 1 amide bonds. The number of nitrogen functional groups attached to an aromatic ring is 1. The van der Waals surface area contributed by atoms with Crippen LogP contribution in [-0.2, 0) is 16.0 Å². The SMILES string of the molecule is CC(=O)OCCc1c(I)c(N)c(I)c(C(=O)NCC(O)CO)c1I. The molecule has 1 aromatic carbocycles. The Balaban J connectivity index is 3.13. The van der Waals surface area contributed by atoms with Crippen LogP contribution in [0.15, 0.2) is 0 Å². The second-order valence-electron chi connectivity index (χ2n) is 4.85. The zero-order valence-electron chi connectivity index (χ0n) is 12.7. The standard InChI is InChI=1S/C14H17I3N2O5/c1-6(21)24-3-2-8-10(15)9(12(17)13(18)11(8)16)14(23)19-4-7(22)5-20/h7,20,22H,2-5,18H2,1H3,(H,19,23). The van der Waals surface area contributed by atoms with Gasteiger partial charge in [-0.25, -0.2) is 0 Å². The Kier molecular flexibility index (Phi) is 9.47. The van der Waals surface area contributed by atoms with Crippen LogP contribution in [0.1, 0.15) is 22.8 Å². The van der Waals surface area contributed by atoms with Crippen molar-refractivity contribution in [3.63, 3.8) is 0 Å². The quantitative estimate of drug-likeness (QED) is 0.197. The van der Waals surface area contributed by atoms with Crippen LogP contribution in [0.2, 0.25) is 0 Å². The Hall–Kier alpha value is 0.0700. The molecular formula is C14H17I3N2O5. The molecule has 0 aliphatic heterocycles. The van der Waals surface area contributed by atoms with Crippen molar-refractivity contribution in [3.05, 3.63) is 21.8 Å². The molecule has 10 heteroatoms. The summed E-state index contributed by atoms with van der Waals surface area (Å²) in [5.74, 6) is -0.748. The van der Waals surface area contributed by atoms with Crippen molar-refractivity contribution in [1.82, 2.24) is 5.32 Å². The summed E-state index contributed by atoms with van der Waals surface area (Å²) < 4.78 is 7.13. The fraction of sp³-hybridized carbons (Fsp3) is 0.429. The number of benzene rings is 1. The van der Waals surface area contributed by atoms with E-state index in [0.717, 1.165) is 12.7 Å². The molecule has 0 aromatic heterocycles. The van der Waals surface area contributed by atoms with Gasteiger partial charge in [0.25, 0.3) is 5.91 Å². The van der Waals surface area contributed by atoms with Crippen LogP contribution in [0.4, 0.5) is 5.69 Å². The topological polar surface area (TPSA) is 122 Å². The maximum absolute atomic E-state index is 12.4. The molecule has 24 heavy (non-hydrogen) atoms. The summed E-state index contributed by atoms with van der Waals surface area (Å²) in [7, 11) is 0. The lowest BCUT2D eigenvalue weighted by atomic mass is 10.1. The fourth-order valence-electron chi connectivity index (χ4n) is 1.82. The largest absolute Gasteiger partial charge is 0.466 e. The van der Waals surface area contributed by atoms with Crippen LogP contribution in [-0.4, -0.2) is 48.0 Å². The number of carbonyl (C=O) groups excluding carboxylic acids is 2. The van der Waals surface area contributed by atoms with Gasteiger partial charge in [0.05, 0.1) is 34.1 Å². The second kappa shape index (κ2) is 10.3. The first-order valence-electron chi connectivity index (χ1n) is 6.85. The summed E-state index contributed by atoms with van der Waals surface area (Å²) in [5.41, 5.74) is 7.85. The summed E-state index contributed by atoms with van der Waals surface area (Å²) in [6, 6.07) is 0. The summed E-state index contributed by atoms with van der Waals surface area (Å²) in [5, 5.41) is 20.8. The zero-order valence-corrected chi connectivity index (χ0v) is 19.2. The van der Waals surface area contributed by atoms with E-state index in [4.69, 9.17) is 15.6 Å². The van der Waals surface area contributed by atoms with Crippen LogP contribution in [0.5, 0.6) is 0 Å². The highest BCUT2D eigenvalue weighted by atomic mass is 127. The molecule has 1 rings (SSSR count). The second-order valence-corrected chi connectivity index (χ2v) is 8.08. The summed E-state index contributed by atoms with van der Waals surface area (Å²) >= 11 is 6.19. The monoisotopic (exact) mass is 674 g/mol. The number of nitrogens with two attached hydrogens (primary N) is 1. The molecule has 0 bridgehead atoms. The van der Waals surface area contributed by atoms with Gasteiger partial charge in [0.2, 0.25) is 0 Å². The van der Waals surface area contributed by atoms with E-state index in [2.05, 4.69) is 50.5 Å². The van der Waals surface area contributed by atoms with E-state index in [-0.39, 0.29) is 25.0 Å². The van der Waals surface area contributed by atoms with E-state index in [0.29, 0.717) is 21.2 Å². The van der Waals surface area contributed by atoms with E-state index in [9.17, 15) is 14.7 Å². The Morgan fingerprint density at radius 2 is 1.88 bits per heavy atom. The Bertz CT molecular complexity index is 640. The number of aliphatic hydroxyl groups excluding tert-OH is 2. The third-order valence-corrected chi connectivity index (χ3v) is 6.58. The predicted octanol–water partition coefficient (Wildman–Crippen LogP) is 1.27. The molecule has 7 nitrogen and oxygen atoms in total. The molecule has 0 spiro atoms. The number of anilines is 1. The minimum Gasteiger partial charge on any atom is -0.466 e. The number of rotatable bonds is 7. The predicted molar refractivity (Wildman–Crippen MR) is 115 cm³/mol. The van der Waals surface area contributed by atoms with Crippen molar-refractivity contribution in [3.8, 4) is 0 Å². The molecule has 1 aromatic rings. The lowest BCUT2D eigenvalue weighted by Crippen LogP contribution is -2.35. The smallest absolute Gasteiger partial charge is 0.302 e. The van der Waals surface area contributed by atoms with Crippen LogP contribution in [0, 0.1) is 10.7 Å². The first kappa shape index (κ1) is 22.1. The van der Waals surface area contributed by atoms with Crippen molar-refractivity contribution < 1.29 is 24.5 Å². The van der Waals surface area contributed by atoms with Gasteiger partial charge in [0.1, 0.15) is 0 Å². The molecule has 0 saturated carbocycles. The third-order valence-electron chi connectivity index (χ3n) is 3.04. The molecule has 1 unspecified atom stereocenters. The molecule has 0 aliphatic rings. The molecule has 0 radical (unpaired) electrons.